The molecule has 3 nitrogen and oxygen atoms in total. The average Bonchev–Trinajstić information content (AvgIpc) is 2.38. The molecule has 4 heteroatoms. The van der Waals surface area contributed by atoms with Gasteiger partial charge >= 0.3 is 5.97 Å². The molecule has 0 aromatic heterocycles. The summed E-state index contributed by atoms with van der Waals surface area (Å²) < 4.78 is 5.01. The second-order valence-corrected chi connectivity index (χ2v) is 6.23. The minimum atomic E-state index is -0.633. The normalized spacial score (nSPS) is 11.2. The molecule has 0 spiro atoms. The quantitative estimate of drug-likeness (QED) is 0.435. The zero-order valence-electron chi connectivity index (χ0n) is 11.5. The average molecular weight is 374 g/mol. The number of carbonyl (C=O) groups is 2. The van der Waals surface area contributed by atoms with Gasteiger partial charge in [-0.05, 0) is 60.4 Å². The van der Waals surface area contributed by atoms with Crippen molar-refractivity contribution in [1.29, 1.82) is 0 Å². The molecular weight excluding hydrogens is 355 g/mol. The highest BCUT2D eigenvalue weighted by atomic mass is 127. The highest BCUT2D eigenvalue weighted by Crippen LogP contribution is 2.25. The van der Waals surface area contributed by atoms with Crippen LogP contribution in [-0.4, -0.2) is 16.9 Å². The molecule has 0 heterocycles. The lowest BCUT2D eigenvalue weighted by molar-refractivity contribution is -0.146. The van der Waals surface area contributed by atoms with Gasteiger partial charge in [0.25, 0.3) is 0 Å². The molecule has 0 N–H and O–H groups in total. The largest absolute Gasteiger partial charge is 0.468 e. The smallest absolute Gasteiger partial charge is 0.315 e. The Labute approximate surface area is 127 Å². The molecular formula is C15H19IO3. The van der Waals surface area contributed by atoms with Crippen LogP contribution >= 0.6 is 22.6 Å². The zero-order chi connectivity index (χ0) is 14.5. The number of hydrogen-bond donors (Lipinski definition) is 0. The van der Waals surface area contributed by atoms with Gasteiger partial charge in [0.1, 0.15) is 0 Å². The van der Waals surface area contributed by atoms with Gasteiger partial charge in [-0.2, -0.15) is 0 Å². The monoisotopic (exact) mass is 374 g/mol. The summed E-state index contributed by atoms with van der Waals surface area (Å²) >= 11 is 1.82. The molecule has 0 aliphatic carbocycles. The Balaban J connectivity index is 2.71. The fourth-order valence-electron chi connectivity index (χ4n) is 1.89. The second kappa shape index (κ2) is 7.03. The maximum Gasteiger partial charge on any atom is 0.315 e. The van der Waals surface area contributed by atoms with E-state index in [1.165, 1.54) is 12.7 Å². The third-order valence-electron chi connectivity index (χ3n) is 3.21. The minimum absolute atomic E-state index is 0.195. The fraction of sp³-hybridized carbons (Fsp3) is 0.467. The van der Waals surface area contributed by atoms with Gasteiger partial charge in [0.05, 0.1) is 12.5 Å². The van der Waals surface area contributed by atoms with Crippen LogP contribution in [0, 0.1) is 0 Å². The Bertz CT molecular complexity index is 449. The van der Waals surface area contributed by atoms with E-state index >= 15 is 0 Å². The van der Waals surface area contributed by atoms with Crippen LogP contribution in [0.5, 0.6) is 0 Å². The van der Waals surface area contributed by atoms with Crippen LogP contribution in [0.1, 0.15) is 37.8 Å². The third-order valence-corrected chi connectivity index (χ3v) is 3.75. The second-order valence-electron chi connectivity index (χ2n) is 5.02. The molecule has 19 heavy (non-hydrogen) atoms. The van der Waals surface area contributed by atoms with Crippen LogP contribution < -0.4 is 0 Å². The van der Waals surface area contributed by atoms with Crippen LogP contribution in [-0.2, 0) is 26.2 Å². The van der Waals surface area contributed by atoms with Crippen LogP contribution in [0.15, 0.2) is 24.3 Å². The Kier molecular flexibility index (Phi) is 5.97. The Hall–Kier alpha value is -0.910. The van der Waals surface area contributed by atoms with E-state index in [1.807, 2.05) is 60.7 Å². The molecule has 0 radical (unpaired) electrons. The van der Waals surface area contributed by atoms with E-state index in [9.17, 15) is 9.59 Å². The molecule has 0 saturated carbocycles. The highest BCUT2D eigenvalue weighted by molar-refractivity contribution is 14.1. The summed E-state index contributed by atoms with van der Waals surface area (Å²) in [4.78, 5) is 22.6. The van der Waals surface area contributed by atoms with E-state index < -0.39 is 5.41 Å². The van der Waals surface area contributed by atoms with Crippen molar-refractivity contribution in [3.05, 3.63) is 35.4 Å². The Morgan fingerprint density at radius 1 is 1.21 bits per heavy atom. The predicted octanol–water partition coefficient (Wildman–Crippen LogP) is 3.42. The fourth-order valence-corrected chi connectivity index (χ4v) is 2.27. The van der Waals surface area contributed by atoms with Gasteiger partial charge < -0.3 is 4.74 Å². The Morgan fingerprint density at radius 2 is 1.79 bits per heavy atom. The number of carbonyl (C=O) groups excluding carboxylic acids is 2. The maximum atomic E-state index is 11.7. The van der Waals surface area contributed by atoms with Gasteiger partial charge in [-0.3, -0.25) is 9.59 Å². The summed E-state index contributed by atoms with van der Waals surface area (Å²) in [6, 6.07) is 7.94. The van der Waals surface area contributed by atoms with Crippen molar-refractivity contribution in [2.75, 3.05) is 7.11 Å². The molecule has 0 atom stereocenters. The number of benzene rings is 1. The summed E-state index contributed by atoms with van der Waals surface area (Å²) in [7, 11) is 1.40. The molecule has 0 saturated heterocycles. The number of aryl methyl sites for hydroxylation is 1. The van der Waals surface area contributed by atoms with Crippen molar-refractivity contribution in [2.45, 2.75) is 38.5 Å². The first-order chi connectivity index (χ1) is 8.87. The lowest BCUT2D eigenvalue weighted by Crippen LogP contribution is -2.30. The first-order valence-electron chi connectivity index (χ1n) is 6.24. The first kappa shape index (κ1) is 16.1. The van der Waals surface area contributed by atoms with Gasteiger partial charge in [0.15, 0.2) is 3.79 Å². The first-order valence-corrected chi connectivity index (χ1v) is 7.32. The van der Waals surface area contributed by atoms with Gasteiger partial charge in [-0.15, -0.1) is 0 Å². The number of rotatable bonds is 6. The van der Waals surface area contributed by atoms with Gasteiger partial charge in [0, 0.05) is 6.42 Å². The van der Waals surface area contributed by atoms with Gasteiger partial charge in [0.2, 0.25) is 0 Å². The van der Waals surface area contributed by atoms with Crippen molar-refractivity contribution in [2.24, 2.45) is 0 Å². The van der Waals surface area contributed by atoms with Crippen molar-refractivity contribution in [1.82, 2.24) is 0 Å². The van der Waals surface area contributed by atoms with Crippen LogP contribution in [0.25, 0.3) is 0 Å². The van der Waals surface area contributed by atoms with Crippen molar-refractivity contribution in [3.63, 3.8) is 0 Å². The molecule has 0 unspecified atom stereocenters. The SMILES string of the molecule is COC(=O)C(C)(C)c1ccc(CCCC(=O)I)cc1. The maximum absolute atomic E-state index is 11.7. The summed E-state index contributed by atoms with van der Waals surface area (Å²) in [5, 5.41) is 0. The topological polar surface area (TPSA) is 43.4 Å². The number of esters is 1. The molecule has 0 bridgehead atoms. The van der Waals surface area contributed by atoms with Crippen LogP contribution in [0.3, 0.4) is 0 Å². The highest BCUT2D eigenvalue weighted by Gasteiger charge is 2.30. The van der Waals surface area contributed by atoms with E-state index in [0.29, 0.717) is 6.42 Å². The third kappa shape index (κ3) is 4.60. The summed E-state index contributed by atoms with van der Waals surface area (Å²) in [5.74, 6) is -0.240. The summed E-state index contributed by atoms with van der Waals surface area (Å²) in [6.45, 7) is 3.70. The molecule has 1 aromatic carbocycles. The van der Waals surface area contributed by atoms with Crippen LogP contribution in [0.4, 0.5) is 0 Å². The Morgan fingerprint density at radius 3 is 2.26 bits per heavy atom. The van der Waals surface area contributed by atoms with Crippen molar-refractivity contribution >= 4 is 32.4 Å². The van der Waals surface area contributed by atoms with E-state index in [2.05, 4.69) is 0 Å². The molecule has 0 aliphatic rings. The molecule has 1 aromatic rings. The number of ether oxygens (including phenoxy) is 1. The molecule has 104 valence electrons. The number of halogens is 1. The standard InChI is InChI=1S/C15H19IO3/c1-15(2,14(18)19-3)12-9-7-11(8-10-12)5-4-6-13(16)17/h7-10H,4-6H2,1-3H3. The molecule has 1 rings (SSSR count). The molecule has 0 amide bonds. The van der Waals surface area contributed by atoms with E-state index in [4.69, 9.17) is 4.74 Å². The molecule has 0 fully saturated rings. The minimum Gasteiger partial charge on any atom is -0.468 e. The number of methoxy groups -OCH3 is 1. The predicted molar refractivity (Wildman–Crippen MR) is 83.4 cm³/mol. The number of hydrogen-bond acceptors (Lipinski definition) is 3. The molecule has 0 aliphatic heterocycles. The van der Waals surface area contributed by atoms with E-state index in [1.54, 1.807) is 0 Å². The van der Waals surface area contributed by atoms with Gasteiger partial charge in [-0.25, -0.2) is 0 Å². The zero-order valence-corrected chi connectivity index (χ0v) is 13.7. The van der Waals surface area contributed by atoms with Gasteiger partial charge in [-0.1, -0.05) is 24.3 Å². The summed E-state index contributed by atoms with van der Waals surface area (Å²) in [5.41, 5.74) is 1.49. The lowest BCUT2D eigenvalue weighted by atomic mass is 9.84. The van der Waals surface area contributed by atoms with Crippen molar-refractivity contribution < 1.29 is 14.3 Å². The summed E-state index contributed by atoms with van der Waals surface area (Å²) in [6.07, 6.45) is 2.35. The van der Waals surface area contributed by atoms with E-state index in [-0.39, 0.29) is 9.76 Å². The van der Waals surface area contributed by atoms with Crippen LogP contribution in [0.2, 0.25) is 0 Å². The van der Waals surface area contributed by atoms with E-state index in [0.717, 1.165) is 18.4 Å². The lowest BCUT2D eigenvalue weighted by Gasteiger charge is -2.22. The van der Waals surface area contributed by atoms with Crippen molar-refractivity contribution in [3.8, 4) is 0 Å².